The number of piperidine rings is 1. The molecule has 0 aromatic heterocycles. The van der Waals surface area contributed by atoms with Crippen molar-refractivity contribution >= 4 is 35.3 Å². The lowest BCUT2D eigenvalue weighted by molar-refractivity contribution is -0.137. The topological polar surface area (TPSA) is 64.8 Å². The van der Waals surface area contributed by atoms with Crippen molar-refractivity contribution in [3.63, 3.8) is 0 Å². The van der Waals surface area contributed by atoms with Crippen molar-refractivity contribution in [3.05, 3.63) is 48.0 Å². The number of benzene rings is 2. The van der Waals surface area contributed by atoms with E-state index in [-0.39, 0.29) is 6.54 Å². The number of nitrogens with two attached hydrogens (primary N) is 1. The van der Waals surface area contributed by atoms with E-state index in [4.69, 9.17) is 5.14 Å². The standard InChI is InChI=1S/C22H27F3N4OS2/c23-22(24,25)16-5-6-21-19(11-16)29(18-3-1-2-4-20(18)31-21)14-17(30)13-28-9-7-15(8-10-28)12-27-32-26/h1-6,11,15,17,27,30H,7-10,12-14,26H2. The number of β-amino-alcohol motifs (C(OH)–C–C–N with tert-alkyl or cyclic N) is 1. The van der Waals surface area contributed by atoms with E-state index in [1.807, 2.05) is 29.2 Å². The van der Waals surface area contributed by atoms with Gasteiger partial charge in [0.15, 0.2) is 0 Å². The van der Waals surface area contributed by atoms with Crippen LogP contribution in [0.15, 0.2) is 52.3 Å². The van der Waals surface area contributed by atoms with Gasteiger partial charge in [-0.25, -0.2) is 0 Å². The predicted molar refractivity (Wildman–Crippen MR) is 124 cm³/mol. The Morgan fingerprint density at radius 1 is 1.09 bits per heavy atom. The molecule has 2 aromatic rings. The molecule has 2 aromatic carbocycles. The van der Waals surface area contributed by atoms with Crippen LogP contribution in [0.1, 0.15) is 18.4 Å². The number of hydrogen-bond donors (Lipinski definition) is 3. The van der Waals surface area contributed by atoms with Gasteiger partial charge in [0.05, 0.1) is 29.6 Å². The van der Waals surface area contributed by atoms with Crippen LogP contribution in [0.5, 0.6) is 0 Å². The number of rotatable bonds is 7. The molecule has 4 rings (SSSR count). The fraction of sp³-hybridized carbons (Fsp3) is 0.455. The number of aliphatic hydroxyl groups is 1. The number of halogens is 3. The summed E-state index contributed by atoms with van der Waals surface area (Å²) in [5.41, 5.74) is 0.640. The number of hydrogen-bond acceptors (Lipinski definition) is 7. The van der Waals surface area contributed by atoms with Gasteiger partial charge in [-0.2, -0.15) is 13.2 Å². The second-order valence-electron chi connectivity index (χ2n) is 8.22. The van der Waals surface area contributed by atoms with Crippen LogP contribution in [0, 0.1) is 5.92 Å². The Morgan fingerprint density at radius 3 is 2.53 bits per heavy atom. The summed E-state index contributed by atoms with van der Waals surface area (Å²) in [7, 11) is 0. The van der Waals surface area contributed by atoms with Gasteiger partial charge in [0.1, 0.15) is 0 Å². The first-order chi connectivity index (χ1) is 15.3. The van der Waals surface area contributed by atoms with Crippen LogP contribution in [0.4, 0.5) is 24.5 Å². The average Bonchev–Trinajstić information content (AvgIpc) is 2.77. The lowest BCUT2D eigenvalue weighted by Crippen LogP contribution is -2.43. The first kappa shape index (κ1) is 23.7. The summed E-state index contributed by atoms with van der Waals surface area (Å²) in [6.07, 6.45) is -3.05. The summed E-state index contributed by atoms with van der Waals surface area (Å²) in [5.74, 6) is 0.568. The summed E-state index contributed by atoms with van der Waals surface area (Å²) < 4.78 is 43.2. The van der Waals surface area contributed by atoms with E-state index in [1.54, 1.807) is 0 Å². The maximum atomic E-state index is 13.4. The Labute approximate surface area is 194 Å². The Balaban J connectivity index is 1.48. The summed E-state index contributed by atoms with van der Waals surface area (Å²) in [6, 6.07) is 11.5. The van der Waals surface area contributed by atoms with Crippen molar-refractivity contribution in [1.82, 2.24) is 9.62 Å². The monoisotopic (exact) mass is 484 g/mol. The molecule has 32 heavy (non-hydrogen) atoms. The number of likely N-dealkylation sites (tertiary alicyclic amines) is 1. The highest BCUT2D eigenvalue weighted by molar-refractivity contribution is 7.99. The van der Waals surface area contributed by atoms with Crippen LogP contribution in [0.25, 0.3) is 0 Å². The van der Waals surface area contributed by atoms with Crippen LogP contribution in [0.2, 0.25) is 0 Å². The minimum absolute atomic E-state index is 0.233. The van der Waals surface area contributed by atoms with E-state index in [0.717, 1.165) is 66.2 Å². The van der Waals surface area contributed by atoms with E-state index in [0.29, 0.717) is 18.2 Å². The minimum atomic E-state index is -4.41. The fourth-order valence-corrected chi connectivity index (χ4v) is 5.72. The van der Waals surface area contributed by atoms with Gasteiger partial charge >= 0.3 is 6.18 Å². The molecule has 0 spiro atoms. The molecule has 174 valence electrons. The van der Waals surface area contributed by atoms with E-state index in [2.05, 4.69) is 9.62 Å². The summed E-state index contributed by atoms with van der Waals surface area (Å²) >= 11 is 2.59. The lowest BCUT2D eigenvalue weighted by atomic mass is 9.97. The second kappa shape index (κ2) is 10.2. The zero-order chi connectivity index (χ0) is 22.7. The van der Waals surface area contributed by atoms with Gasteiger partial charge in [0.2, 0.25) is 0 Å². The van der Waals surface area contributed by atoms with Crippen molar-refractivity contribution in [2.45, 2.75) is 34.9 Å². The minimum Gasteiger partial charge on any atom is -0.390 e. The average molecular weight is 485 g/mol. The molecule has 2 aliphatic heterocycles. The number of nitrogens with zero attached hydrogens (tertiary/aromatic N) is 2. The maximum absolute atomic E-state index is 13.4. The van der Waals surface area contributed by atoms with Crippen LogP contribution >= 0.6 is 23.9 Å². The Hall–Kier alpha value is -1.43. The zero-order valence-electron chi connectivity index (χ0n) is 17.5. The van der Waals surface area contributed by atoms with Crippen molar-refractivity contribution in [3.8, 4) is 0 Å². The highest BCUT2D eigenvalue weighted by atomic mass is 32.2. The van der Waals surface area contributed by atoms with Gasteiger partial charge in [0, 0.05) is 35.0 Å². The van der Waals surface area contributed by atoms with Crippen molar-refractivity contribution in [2.24, 2.45) is 11.1 Å². The molecule has 0 aliphatic carbocycles. The molecular weight excluding hydrogens is 457 g/mol. The molecule has 1 atom stereocenters. The van der Waals surface area contributed by atoms with Gasteiger partial charge in [-0.3, -0.25) is 9.86 Å². The maximum Gasteiger partial charge on any atom is 0.416 e. The summed E-state index contributed by atoms with van der Waals surface area (Å²) in [4.78, 5) is 5.79. The first-order valence-electron chi connectivity index (χ1n) is 10.6. The van der Waals surface area contributed by atoms with Crippen molar-refractivity contribution in [1.29, 1.82) is 0 Å². The molecule has 2 heterocycles. The quantitative estimate of drug-likeness (QED) is 0.501. The third-order valence-electron chi connectivity index (χ3n) is 5.98. The number of aliphatic hydroxyl groups excluding tert-OH is 1. The number of fused-ring (bicyclic) bond motifs is 2. The lowest BCUT2D eigenvalue weighted by Gasteiger charge is -2.37. The van der Waals surface area contributed by atoms with Gasteiger partial charge < -0.3 is 14.9 Å². The number of nitrogens with one attached hydrogen (secondary N) is 1. The summed E-state index contributed by atoms with van der Waals surface area (Å²) in [6.45, 7) is 3.38. The first-order valence-corrected chi connectivity index (χ1v) is 12.3. The third-order valence-corrected chi connectivity index (χ3v) is 7.44. The highest BCUT2D eigenvalue weighted by Gasteiger charge is 2.34. The fourth-order valence-electron chi connectivity index (χ4n) is 4.31. The van der Waals surface area contributed by atoms with E-state index in [9.17, 15) is 18.3 Å². The zero-order valence-corrected chi connectivity index (χ0v) is 19.1. The van der Waals surface area contributed by atoms with Crippen LogP contribution in [0.3, 0.4) is 0 Å². The van der Waals surface area contributed by atoms with Crippen LogP contribution < -0.4 is 14.8 Å². The summed E-state index contributed by atoms with van der Waals surface area (Å²) in [5, 5.41) is 16.3. The second-order valence-corrected chi connectivity index (χ2v) is 9.83. The predicted octanol–water partition coefficient (Wildman–Crippen LogP) is 4.49. The molecule has 1 saturated heterocycles. The molecule has 0 amide bonds. The molecule has 2 aliphatic rings. The molecular formula is C22H27F3N4OS2. The third kappa shape index (κ3) is 5.55. The van der Waals surface area contributed by atoms with Crippen molar-refractivity contribution < 1.29 is 18.3 Å². The van der Waals surface area contributed by atoms with Gasteiger partial charge in [-0.15, -0.1) is 0 Å². The van der Waals surface area contributed by atoms with Crippen LogP contribution in [-0.2, 0) is 6.18 Å². The number of anilines is 2. The highest BCUT2D eigenvalue weighted by Crippen LogP contribution is 2.49. The number of para-hydroxylation sites is 1. The molecule has 4 N–H and O–H groups in total. The molecule has 1 fully saturated rings. The smallest absolute Gasteiger partial charge is 0.390 e. The number of alkyl halides is 3. The van der Waals surface area contributed by atoms with Crippen LogP contribution in [-0.4, -0.2) is 48.8 Å². The molecule has 0 radical (unpaired) electrons. The Bertz CT molecular complexity index is 922. The van der Waals surface area contributed by atoms with Gasteiger partial charge in [-0.05, 0) is 62.2 Å². The van der Waals surface area contributed by atoms with Gasteiger partial charge in [0.25, 0.3) is 0 Å². The molecule has 5 nitrogen and oxygen atoms in total. The SMILES string of the molecule is NSNCC1CCN(CC(O)CN2c3ccccc3Sc3ccc(C(F)(F)F)cc32)CC1. The molecule has 0 bridgehead atoms. The largest absolute Gasteiger partial charge is 0.416 e. The van der Waals surface area contributed by atoms with E-state index >= 15 is 0 Å². The van der Waals surface area contributed by atoms with E-state index < -0.39 is 17.8 Å². The van der Waals surface area contributed by atoms with Crippen molar-refractivity contribution in [2.75, 3.05) is 37.6 Å². The normalized spacial score (nSPS) is 18.3. The van der Waals surface area contributed by atoms with E-state index in [1.165, 1.54) is 23.9 Å². The molecule has 0 saturated carbocycles. The Kier molecular flexibility index (Phi) is 7.58. The molecule has 1 unspecified atom stereocenters. The molecule has 10 heteroatoms. The Morgan fingerprint density at radius 2 is 1.81 bits per heavy atom. The van der Waals surface area contributed by atoms with Gasteiger partial charge in [-0.1, -0.05) is 23.9 Å².